The van der Waals surface area contributed by atoms with Crippen molar-refractivity contribution < 1.29 is 32.4 Å². The molecule has 0 aromatic heterocycles. The molecule has 0 bridgehead atoms. The zero-order valence-corrected chi connectivity index (χ0v) is 12.9. The molecule has 2 aromatic rings. The molecule has 3 nitrogen and oxygen atoms in total. The molecule has 0 amide bonds. The molecule has 2 rings (SSSR count). The van der Waals surface area contributed by atoms with Gasteiger partial charge in [-0.3, -0.25) is 4.55 Å². The van der Waals surface area contributed by atoms with E-state index in [0.29, 0.717) is 5.56 Å². The summed E-state index contributed by atoms with van der Waals surface area (Å²) in [6.07, 6.45) is 0. The van der Waals surface area contributed by atoms with Gasteiger partial charge >= 0.3 is 0 Å². The summed E-state index contributed by atoms with van der Waals surface area (Å²) in [6.45, 7) is 0. The Hall–Kier alpha value is -1.03. The Morgan fingerprint density at radius 3 is 1.94 bits per heavy atom. The minimum absolute atomic E-state index is 0. The standard InChI is InChI=1S/C12H10O3S.Zn/c13-16(14,15)12-9-5-4-8-11(12)10-6-2-1-3-7-10;/h1-9H,(H,13,14,15);. The summed E-state index contributed by atoms with van der Waals surface area (Å²) in [7, 11) is -4.18. The van der Waals surface area contributed by atoms with E-state index in [1.165, 1.54) is 6.07 Å². The van der Waals surface area contributed by atoms with Gasteiger partial charge in [-0.25, -0.2) is 0 Å². The van der Waals surface area contributed by atoms with Crippen LogP contribution < -0.4 is 0 Å². The molecular weight excluding hydrogens is 290 g/mol. The molecule has 0 aliphatic carbocycles. The van der Waals surface area contributed by atoms with Crippen molar-refractivity contribution in [3.05, 3.63) is 54.6 Å². The van der Waals surface area contributed by atoms with Gasteiger partial charge in [0.15, 0.2) is 0 Å². The maximum absolute atomic E-state index is 11.2. The Morgan fingerprint density at radius 2 is 1.35 bits per heavy atom. The van der Waals surface area contributed by atoms with Crippen LogP contribution in [-0.2, 0) is 29.6 Å². The zero-order valence-electron chi connectivity index (χ0n) is 9.08. The molecule has 0 radical (unpaired) electrons. The molecule has 0 spiro atoms. The van der Waals surface area contributed by atoms with Gasteiger partial charge in [-0.05, 0) is 11.6 Å². The molecule has 0 heterocycles. The normalized spacial score (nSPS) is 10.6. The second-order valence-corrected chi connectivity index (χ2v) is 4.73. The van der Waals surface area contributed by atoms with Gasteiger partial charge in [0.2, 0.25) is 0 Å². The Bertz CT molecular complexity index is 594. The second kappa shape index (κ2) is 5.54. The van der Waals surface area contributed by atoms with Crippen molar-refractivity contribution in [2.24, 2.45) is 0 Å². The molecule has 0 fully saturated rings. The average Bonchev–Trinajstić information content (AvgIpc) is 2.29. The predicted octanol–water partition coefficient (Wildman–Crippen LogP) is 2.60. The fraction of sp³-hybridized carbons (Fsp3) is 0. The fourth-order valence-corrected chi connectivity index (χ4v) is 2.26. The Labute approximate surface area is 113 Å². The van der Waals surface area contributed by atoms with Crippen molar-refractivity contribution in [2.75, 3.05) is 0 Å². The third-order valence-electron chi connectivity index (χ3n) is 2.25. The van der Waals surface area contributed by atoms with Crippen molar-refractivity contribution in [1.82, 2.24) is 0 Å². The molecule has 0 saturated carbocycles. The minimum Gasteiger partial charge on any atom is -0.282 e. The molecule has 2 aromatic carbocycles. The number of benzene rings is 2. The van der Waals surface area contributed by atoms with Crippen LogP contribution in [0, 0.1) is 0 Å². The SMILES string of the molecule is O=S(=O)(O)c1ccccc1-c1ccccc1.[Zn]. The largest absolute Gasteiger partial charge is 0.295 e. The number of hydrogen-bond acceptors (Lipinski definition) is 2. The van der Waals surface area contributed by atoms with Crippen LogP contribution in [0.4, 0.5) is 0 Å². The summed E-state index contributed by atoms with van der Waals surface area (Å²) < 4.78 is 31.5. The first kappa shape index (κ1) is 14.0. The predicted molar refractivity (Wildman–Crippen MR) is 61.7 cm³/mol. The van der Waals surface area contributed by atoms with E-state index in [1.54, 1.807) is 30.3 Å². The fourth-order valence-electron chi connectivity index (χ4n) is 1.55. The van der Waals surface area contributed by atoms with E-state index in [0.717, 1.165) is 5.56 Å². The zero-order chi connectivity index (χ0) is 11.6. The van der Waals surface area contributed by atoms with Crippen LogP contribution in [0.2, 0.25) is 0 Å². The van der Waals surface area contributed by atoms with Crippen LogP contribution in [-0.4, -0.2) is 13.0 Å². The monoisotopic (exact) mass is 298 g/mol. The molecule has 0 aliphatic heterocycles. The van der Waals surface area contributed by atoms with Gasteiger partial charge in [0.1, 0.15) is 4.90 Å². The molecule has 1 N–H and O–H groups in total. The van der Waals surface area contributed by atoms with Crippen LogP contribution in [0.1, 0.15) is 0 Å². The van der Waals surface area contributed by atoms with E-state index in [-0.39, 0.29) is 24.4 Å². The minimum atomic E-state index is -4.18. The number of hydrogen-bond donors (Lipinski definition) is 1. The summed E-state index contributed by atoms with van der Waals surface area (Å²) in [5.74, 6) is 0. The first-order valence-electron chi connectivity index (χ1n) is 4.71. The summed E-state index contributed by atoms with van der Waals surface area (Å²) in [5.41, 5.74) is 1.27. The maximum Gasteiger partial charge on any atom is 0.295 e. The van der Waals surface area contributed by atoms with Crippen LogP contribution in [0.25, 0.3) is 11.1 Å². The summed E-state index contributed by atoms with van der Waals surface area (Å²) in [5, 5.41) is 0. The quantitative estimate of drug-likeness (QED) is 0.685. The van der Waals surface area contributed by atoms with Crippen molar-refractivity contribution in [2.45, 2.75) is 4.90 Å². The molecule has 0 saturated heterocycles. The van der Waals surface area contributed by atoms with E-state index in [2.05, 4.69) is 0 Å². The second-order valence-electron chi connectivity index (χ2n) is 3.34. The van der Waals surface area contributed by atoms with E-state index in [1.807, 2.05) is 18.2 Å². The van der Waals surface area contributed by atoms with E-state index >= 15 is 0 Å². The van der Waals surface area contributed by atoms with E-state index in [9.17, 15) is 8.42 Å². The Balaban J connectivity index is 0.00000144. The van der Waals surface area contributed by atoms with Gasteiger partial charge in [0.05, 0.1) is 0 Å². The average molecular weight is 300 g/mol. The summed E-state index contributed by atoms with van der Waals surface area (Å²) >= 11 is 0. The third-order valence-corrected chi connectivity index (χ3v) is 3.16. The summed E-state index contributed by atoms with van der Waals surface area (Å²) in [4.78, 5) is -0.0683. The maximum atomic E-state index is 11.2. The van der Waals surface area contributed by atoms with Crippen molar-refractivity contribution >= 4 is 10.1 Å². The molecule has 84 valence electrons. The van der Waals surface area contributed by atoms with Crippen molar-refractivity contribution in [1.29, 1.82) is 0 Å². The smallest absolute Gasteiger partial charge is 0.282 e. The van der Waals surface area contributed by atoms with Gasteiger partial charge < -0.3 is 0 Å². The first-order chi connectivity index (χ1) is 7.59. The molecule has 17 heavy (non-hydrogen) atoms. The van der Waals surface area contributed by atoms with Crippen LogP contribution >= 0.6 is 0 Å². The van der Waals surface area contributed by atoms with Crippen molar-refractivity contribution in [3.8, 4) is 11.1 Å². The molecule has 0 aliphatic rings. The van der Waals surface area contributed by atoms with E-state index < -0.39 is 10.1 Å². The number of rotatable bonds is 2. The van der Waals surface area contributed by atoms with Gasteiger partial charge in [0.25, 0.3) is 10.1 Å². The van der Waals surface area contributed by atoms with Crippen LogP contribution in [0.5, 0.6) is 0 Å². The Morgan fingerprint density at radius 1 is 0.824 bits per heavy atom. The summed E-state index contributed by atoms with van der Waals surface area (Å²) in [6, 6.07) is 15.4. The van der Waals surface area contributed by atoms with Gasteiger partial charge in [-0.15, -0.1) is 0 Å². The molecular formula is C12H10O3SZn. The van der Waals surface area contributed by atoms with Crippen LogP contribution in [0.3, 0.4) is 0 Å². The Kier molecular flexibility index (Phi) is 4.57. The topological polar surface area (TPSA) is 54.4 Å². The van der Waals surface area contributed by atoms with Gasteiger partial charge in [-0.2, -0.15) is 8.42 Å². The first-order valence-corrected chi connectivity index (χ1v) is 6.15. The molecule has 5 heteroatoms. The van der Waals surface area contributed by atoms with Gasteiger partial charge in [-0.1, -0.05) is 48.5 Å². The third kappa shape index (κ3) is 3.22. The van der Waals surface area contributed by atoms with Gasteiger partial charge in [0, 0.05) is 25.0 Å². The van der Waals surface area contributed by atoms with E-state index in [4.69, 9.17) is 4.55 Å². The van der Waals surface area contributed by atoms with Crippen molar-refractivity contribution in [3.63, 3.8) is 0 Å². The molecule has 0 atom stereocenters. The van der Waals surface area contributed by atoms with Crippen LogP contribution in [0.15, 0.2) is 59.5 Å². The molecule has 0 unspecified atom stereocenters.